The molecule has 6 nitrogen and oxygen atoms in total. The maximum absolute atomic E-state index is 12.7. The Balaban J connectivity index is 2.31. The maximum atomic E-state index is 12.7. The van der Waals surface area contributed by atoms with E-state index in [1.54, 1.807) is 11.0 Å². The smallest absolute Gasteiger partial charge is 0.256 e. The van der Waals surface area contributed by atoms with Crippen molar-refractivity contribution < 1.29 is 18.0 Å². The zero-order valence-electron chi connectivity index (χ0n) is 13.8. The Kier molecular flexibility index (Phi) is 4.86. The van der Waals surface area contributed by atoms with E-state index in [0.717, 1.165) is 4.88 Å². The van der Waals surface area contributed by atoms with E-state index >= 15 is 0 Å². The minimum Gasteiger partial charge on any atom is -0.337 e. The Hall–Kier alpha value is -1.41. The topological polar surface area (TPSA) is 83.6 Å². The molecule has 0 aliphatic carbocycles. The number of hydrogen-bond donors (Lipinski definition) is 1. The Morgan fingerprint density at radius 2 is 1.78 bits per heavy atom. The summed E-state index contributed by atoms with van der Waals surface area (Å²) in [4.78, 5) is 26.7. The molecule has 1 aliphatic heterocycles. The van der Waals surface area contributed by atoms with Gasteiger partial charge in [-0.05, 0) is 11.5 Å². The number of thiophene rings is 1. The van der Waals surface area contributed by atoms with Crippen LogP contribution in [-0.2, 0) is 20.0 Å². The lowest BCUT2D eigenvalue weighted by Gasteiger charge is -2.26. The van der Waals surface area contributed by atoms with Gasteiger partial charge in [0.1, 0.15) is 5.00 Å². The molecule has 0 bridgehead atoms. The van der Waals surface area contributed by atoms with Gasteiger partial charge in [-0.3, -0.25) is 9.59 Å². The van der Waals surface area contributed by atoms with E-state index in [1.165, 1.54) is 18.3 Å². The number of nitrogens with one attached hydrogen (secondary N) is 1. The van der Waals surface area contributed by atoms with Crippen LogP contribution in [0, 0.1) is 0 Å². The van der Waals surface area contributed by atoms with Crippen molar-refractivity contribution in [2.24, 2.45) is 0 Å². The SMILES string of the molecule is CC(=O)Nc1sc(C(C)(C)C)cc1C(=O)N1CCS(=O)(=O)CC1. The van der Waals surface area contributed by atoms with E-state index in [2.05, 4.69) is 5.32 Å². The normalized spacial score (nSPS) is 17.8. The predicted octanol–water partition coefficient (Wildman–Crippen LogP) is 1.87. The molecule has 0 spiro atoms. The van der Waals surface area contributed by atoms with Gasteiger partial charge in [0.15, 0.2) is 9.84 Å². The summed E-state index contributed by atoms with van der Waals surface area (Å²) in [5.41, 5.74) is 0.302. The van der Waals surface area contributed by atoms with Crippen molar-refractivity contribution in [2.75, 3.05) is 29.9 Å². The van der Waals surface area contributed by atoms with Crippen LogP contribution < -0.4 is 5.32 Å². The molecule has 128 valence electrons. The molecule has 0 radical (unpaired) electrons. The molecule has 0 unspecified atom stereocenters. The van der Waals surface area contributed by atoms with Gasteiger partial charge in [0.2, 0.25) is 5.91 Å². The van der Waals surface area contributed by atoms with Crippen LogP contribution in [-0.4, -0.2) is 49.7 Å². The van der Waals surface area contributed by atoms with Gasteiger partial charge in [0.05, 0.1) is 17.1 Å². The van der Waals surface area contributed by atoms with Gasteiger partial charge in [-0.25, -0.2) is 8.42 Å². The standard InChI is InChI=1S/C15H22N2O4S2/c1-10(18)16-13-11(9-12(22-13)15(2,3)4)14(19)17-5-7-23(20,21)8-6-17/h9H,5-8H2,1-4H3,(H,16,18). The lowest BCUT2D eigenvalue weighted by molar-refractivity contribution is -0.114. The molecule has 8 heteroatoms. The highest BCUT2D eigenvalue weighted by atomic mass is 32.2. The monoisotopic (exact) mass is 358 g/mol. The minimum absolute atomic E-state index is 0.00945. The second-order valence-corrected chi connectivity index (χ2v) is 10.1. The van der Waals surface area contributed by atoms with Crippen molar-refractivity contribution in [2.45, 2.75) is 33.1 Å². The molecule has 0 atom stereocenters. The number of anilines is 1. The quantitative estimate of drug-likeness (QED) is 0.875. The van der Waals surface area contributed by atoms with Gasteiger partial charge in [0.25, 0.3) is 5.91 Å². The van der Waals surface area contributed by atoms with Crippen molar-refractivity contribution in [3.63, 3.8) is 0 Å². The second kappa shape index (κ2) is 6.24. The van der Waals surface area contributed by atoms with Crippen LogP contribution in [0.25, 0.3) is 0 Å². The highest BCUT2D eigenvalue weighted by Crippen LogP contribution is 2.36. The minimum atomic E-state index is -3.04. The largest absolute Gasteiger partial charge is 0.337 e. The van der Waals surface area contributed by atoms with Crippen molar-refractivity contribution >= 4 is 38.0 Å². The Bertz CT molecular complexity index is 715. The molecule has 1 aromatic heterocycles. The highest BCUT2D eigenvalue weighted by molar-refractivity contribution is 7.91. The van der Waals surface area contributed by atoms with Gasteiger partial charge in [-0.15, -0.1) is 11.3 Å². The Morgan fingerprint density at radius 3 is 2.26 bits per heavy atom. The Labute approximate surface area is 140 Å². The summed E-state index contributed by atoms with van der Waals surface area (Å²) < 4.78 is 23.0. The average molecular weight is 358 g/mol. The van der Waals surface area contributed by atoms with Crippen molar-refractivity contribution in [1.29, 1.82) is 0 Å². The van der Waals surface area contributed by atoms with Crippen LogP contribution in [0.4, 0.5) is 5.00 Å². The summed E-state index contributed by atoms with van der Waals surface area (Å²) in [7, 11) is -3.04. The molecule has 1 saturated heterocycles. The number of sulfone groups is 1. The summed E-state index contributed by atoms with van der Waals surface area (Å²) in [6, 6.07) is 1.81. The molecule has 0 saturated carbocycles. The molecule has 23 heavy (non-hydrogen) atoms. The first-order valence-electron chi connectivity index (χ1n) is 7.41. The zero-order chi connectivity index (χ0) is 17.4. The molecule has 0 aromatic carbocycles. The van der Waals surface area contributed by atoms with E-state index in [9.17, 15) is 18.0 Å². The predicted molar refractivity (Wildman–Crippen MR) is 91.9 cm³/mol. The van der Waals surface area contributed by atoms with Crippen LogP contribution in [0.3, 0.4) is 0 Å². The van der Waals surface area contributed by atoms with Gasteiger partial charge in [0, 0.05) is 24.9 Å². The number of rotatable bonds is 2. The number of carbonyl (C=O) groups is 2. The number of amides is 2. The summed E-state index contributed by atoms with van der Waals surface area (Å²) in [5.74, 6) is -0.479. The molecule has 1 N–H and O–H groups in total. The van der Waals surface area contributed by atoms with Gasteiger partial charge < -0.3 is 10.2 Å². The molecular weight excluding hydrogens is 336 g/mol. The second-order valence-electron chi connectivity index (χ2n) is 6.73. The van der Waals surface area contributed by atoms with Gasteiger partial charge in [-0.1, -0.05) is 20.8 Å². The van der Waals surface area contributed by atoms with Gasteiger partial charge in [-0.2, -0.15) is 0 Å². The van der Waals surface area contributed by atoms with E-state index in [0.29, 0.717) is 10.6 Å². The fourth-order valence-electron chi connectivity index (χ4n) is 2.26. The lowest BCUT2D eigenvalue weighted by atomic mass is 9.94. The fraction of sp³-hybridized carbons (Fsp3) is 0.600. The van der Waals surface area contributed by atoms with Crippen molar-refractivity contribution in [3.05, 3.63) is 16.5 Å². The highest BCUT2D eigenvalue weighted by Gasteiger charge is 2.30. The van der Waals surface area contributed by atoms with E-state index in [-0.39, 0.29) is 41.8 Å². The molecule has 1 aliphatic rings. The molecule has 2 heterocycles. The van der Waals surface area contributed by atoms with Crippen LogP contribution >= 0.6 is 11.3 Å². The average Bonchev–Trinajstić information content (AvgIpc) is 2.81. The van der Waals surface area contributed by atoms with Crippen LogP contribution in [0.2, 0.25) is 0 Å². The Morgan fingerprint density at radius 1 is 1.22 bits per heavy atom. The first-order valence-corrected chi connectivity index (χ1v) is 10.0. The van der Waals surface area contributed by atoms with Crippen molar-refractivity contribution in [1.82, 2.24) is 4.90 Å². The third kappa shape index (κ3) is 4.32. The third-order valence-corrected chi connectivity index (χ3v) is 6.71. The molecule has 1 fully saturated rings. The van der Waals surface area contributed by atoms with E-state index in [1.807, 2.05) is 20.8 Å². The number of hydrogen-bond acceptors (Lipinski definition) is 5. The first-order chi connectivity index (χ1) is 10.5. The van der Waals surface area contributed by atoms with Gasteiger partial charge >= 0.3 is 0 Å². The summed E-state index contributed by atoms with van der Waals surface area (Å²) in [6.45, 7) is 7.91. The molecule has 2 amide bonds. The molecule has 2 rings (SSSR count). The van der Waals surface area contributed by atoms with E-state index < -0.39 is 9.84 Å². The lowest BCUT2D eigenvalue weighted by Crippen LogP contribution is -2.43. The molecular formula is C15H22N2O4S2. The van der Waals surface area contributed by atoms with Crippen LogP contribution in [0.1, 0.15) is 42.9 Å². The number of nitrogens with zero attached hydrogens (tertiary/aromatic N) is 1. The fourth-order valence-corrected chi connectivity index (χ4v) is 4.61. The summed E-state index contributed by atoms with van der Waals surface area (Å²) >= 11 is 1.39. The zero-order valence-corrected chi connectivity index (χ0v) is 15.4. The van der Waals surface area contributed by atoms with Crippen LogP contribution in [0.5, 0.6) is 0 Å². The maximum Gasteiger partial charge on any atom is 0.256 e. The number of carbonyl (C=O) groups excluding carboxylic acids is 2. The van der Waals surface area contributed by atoms with Crippen LogP contribution in [0.15, 0.2) is 6.07 Å². The first kappa shape index (κ1) is 17.9. The van der Waals surface area contributed by atoms with Crippen molar-refractivity contribution in [3.8, 4) is 0 Å². The third-order valence-electron chi connectivity index (χ3n) is 3.62. The summed E-state index contributed by atoms with van der Waals surface area (Å²) in [5, 5.41) is 3.24. The molecule has 1 aromatic rings. The van der Waals surface area contributed by atoms with E-state index in [4.69, 9.17) is 0 Å². The summed E-state index contributed by atoms with van der Waals surface area (Å²) in [6.07, 6.45) is 0.